The van der Waals surface area contributed by atoms with E-state index in [-0.39, 0.29) is 11.9 Å². The zero-order chi connectivity index (χ0) is 15.4. The molecule has 4 nitrogen and oxygen atoms in total. The SMILES string of the molecule is CCCN(CC1CC1)C(C)C(=O)Nc1ccc(N)cc1C. The average Bonchev–Trinajstić information content (AvgIpc) is 3.24. The van der Waals surface area contributed by atoms with Gasteiger partial charge in [-0.2, -0.15) is 0 Å². The number of amides is 1. The largest absolute Gasteiger partial charge is 0.399 e. The third-order valence-corrected chi connectivity index (χ3v) is 4.14. The number of hydrogen-bond acceptors (Lipinski definition) is 3. The molecule has 1 saturated carbocycles. The molecule has 2 rings (SSSR count). The molecule has 0 radical (unpaired) electrons. The summed E-state index contributed by atoms with van der Waals surface area (Å²) in [5, 5.41) is 3.03. The van der Waals surface area contributed by atoms with Crippen LogP contribution in [0, 0.1) is 12.8 Å². The molecule has 1 aliphatic rings. The average molecular weight is 289 g/mol. The van der Waals surface area contributed by atoms with E-state index < -0.39 is 0 Å². The molecule has 3 N–H and O–H groups in total. The standard InChI is InChI=1S/C17H27N3O/c1-4-9-20(11-14-5-6-14)13(3)17(21)19-16-8-7-15(18)10-12(16)2/h7-8,10,13-14H,4-6,9,11,18H2,1-3H3,(H,19,21). The fourth-order valence-corrected chi connectivity index (χ4v) is 2.59. The Kier molecular flexibility index (Phi) is 5.23. The molecule has 0 aromatic heterocycles. The smallest absolute Gasteiger partial charge is 0.241 e. The summed E-state index contributed by atoms with van der Waals surface area (Å²) in [6.45, 7) is 8.15. The van der Waals surface area contributed by atoms with E-state index in [9.17, 15) is 4.79 Å². The van der Waals surface area contributed by atoms with Gasteiger partial charge in [0.05, 0.1) is 6.04 Å². The van der Waals surface area contributed by atoms with Gasteiger partial charge in [0.2, 0.25) is 5.91 Å². The number of benzene rings is 1. The Morgan fingerprint density at radius 3 is 2.76 bits per heavy atom. The molecule has 1 atom stereocenters. The van der Waals surface area contributed by atoms with E-state index in [2.05, 4.69) is 17.1 Å². The van der Waals surface area contributed by atoms with Crippen molar-refractivity contribution in [1.29, 1.82) is 0 Å². The summed E-state index contributed by atoms with van der Waals surface area (Å²) in [6, 6.07) is 5.48. The molecular weight excluding hydrogens is 262 g/mol. The normalized spacial score (nSPS) is 16.0. The minimum absolute atomic E-state index is 0.0666. The summed E-state index contributed by atoms with van der Waals surface area (Å²) in [5.74, 6) is 0.863. The first-order valence-corrected chi connectivity index (χ1v) is 7.92. The molecule has 116 valence electrons. The van der Waals surface area contributed by atoms with Crippen molar-refractivity contribution in [2.45, 2.75) is 46.1 Å². The van der Waals surface area contributed by atoms with Gasteiger partial charge in [0.1, 0.15) is 0 Å². The van der Waals surface area contributed by atoms with Crippen LogP contribution in [0.4, 0.5) is 11.4 Å². The van der Waals surface area contributed by atoms with Crippen LogP contribution in [0.5, 0.6) is 0 Å². The lowest BCUT2D eigenvalue weighted by molar-refractivity contribution is -0.120. The predicted octanol–water partition coefficient (Wildman–Crippen LogP) is 3.03. The third-order valence-electron chi connectivity index (χ3n) is 4.14. The molecule has 0 bridgehead atoms. The van der Waals surface area contributed by atoms with Crippen molar-refractivity contribution in [2.24, 2.45) is 5.92 Å². The van der Waals surface area contributed by atoms with Crippen molar-refractivity contribution < 1.29 is 4.79 Å². The zero-order valence-electron chi connectivity index (χ0n) is 13.4. The summed E-state index contributed by atoms with van der Waals surface area (Å²) >= 11 is 0. The van der Waals surface area contributed by atoms with Crippen molar-refractivity contribution in [3.63, 3.8) is 0 Å². The highest BCUT2D eigenvalue weighted by molar-refractivity contribution is 5.95. The van der Waals surface area contributed by atoms with Gasteiger partial charge in [-0.25, -0.2) is 0 Å². The fourth-order valence-electron chi connectivity index (χ4n) is 2.59. The highest BCUT2D eigenvalue weighted by Crippen LogP contribution is 2.30. The van der Waals surface area contributed by atoms with Gasteiger partial charge in [0.15, 0.2) is 0 Å². The van der Waals surface area contributed by atoms with Crippen LogP contribution in [0.1, 0.15) is 38.7 Å². The Labute approximate surface area is 127 Å². The van der Waals surface area contributed by atoms with E-state index in [4.69, 9.17) is 5.73 Å². The van der Waals surface area contributed by atoms with Crippen molar-refractivity contribution in [3.05, 3.63) is 23.8 Å². The predicted molar refractivity (Wildman–Crippen MR) is 88.3 cm³/mol. The molecule has 1 unspecified atom stereocenters. The minimum Gasteiger partial charge on any atom is -0.399 e. The minimum atomic E-state index is -0.0949. The monoisotopic (exact) mass is 289 g/mol. The molecule has 0 aliphatic heterocycles. The number of nitrogens with two attached hydrogens (primary N) is 1. The van der Waals surface area contributed by atoms with Gasteiger partial charge in [-0.15, -0.1) is 0 Å². The summed E-state index contributed by atoms with van der Waals surface area (Å²) in [4.78, 5) is 14.8. The van der Waals surface area contributed by atoms with E-state index in [1.807, 2.05) is 32.0 Å². The third kappa shape index (κ3) is 4.46. The highest BCUT2D eigenvalue weighted by Gasteiger charge is 2.28. The summed E-state index contributed by atoms with van der Waals surface area (Å²) in [7, 11) is 0. The Bertz CT molecular complexity index is 497. The Hall–Kier alpha value is -1.55. The molecule has 0 spiro atoms. The second kappa shape index (κ2) is 6.94. The number of aryl methyl sites for hydroxylation is 1. The van der Waals surface area contributed by atoms with Gasteiger partial charge in [0, 0.05) is 17.9 Å². The second-order valence-electron chi connectivity index (χ2n) is 6.18. The molecular formula is C17H27N3O. The van der Waals surface area contributed by atoms with E-state index in [1.54, 1.807) is 0 Å². The van der Waals surface area contributed by atoms with Crippen LogP contribution in [-0.2, 0) is 4.79 Å². The Morgan fingerprint density at radius 2 is 2.19 bits per heavy atom. The number of anilines is 2. The van der Waals surface area contributed by atoms with Crippen LogP contribution in [0.15, 0.2) is 18.2 Å². The highest BCUT2D eigenvalue weighted by atomic mass is 16.2. The van der Waals surface area contributed by atoms with E-state index in [0.29, 0.717) is 0 Å². The number of carbonyl (C=O) groups excluding carboxylic acids is 1. The van der Waals surface area contributed by atoms with Crippen LogP contribution in [0.3, 0.4) is 0 Å². The maximum Gasteiger partial charge on any atom is 0.241 e. The first-order chi connectivity index (χ1) is 10.0. The fraction of sp³-hybridized carbons (Fsp3) is 0.588. The van der Waals surface area contributed by atoms with E-state index in [0.717, 1.165) is 42.4 Å². The second-order valence-corrected chi connectivity index (χ2v) is 6.18. The van der Waals surface area contributed by atoms with Crippen molar-refractivity contribution in [1.82, 2.24) is 4.90 Å². The zero-order valence-corrected chi connectivity index (χ0v) is 13.4. The van der Waals surface area contributed by atoms with Gasteiger partial charge in [-0.1, -0.05) is 6.92 Å². The molecule has 21 heavy (non-hydrogen) atoms. The number of carbonyl (C=O) groups is 1. The summed E-state index contributed by atoms with van der Waals surface area (Å²) < 4.78 is 0. The molecule has 1 aliphatic carbocycles. The van der Waals surface area contributed by atoms with Crippen LogP contribution in [0.25, 0.3) is 0 Å². The topological polar surface area (TPSA) is 58.4 Å². The molecule has 0 heterocycles. The number of nitrogens with zero attached hydrogens (tertiary/aromatic N) is 1. The molecule has 1 fully saturated rings. The Morgan fingerprint density at radius 1 is 1.48 bits per heavy atom. The van der Waals surface area contributed by atoms with Crippen molar-refractivity contribution >= 4 is 17.3 Å². The van der Waals surface area contributed by atoms with Crippen LogP contribution >= 0.6 is 0 Å². The van der Waals surface area contributed by atoms with Gasteiger partial charge in [-0.3, -0.25) is 9.69 Å². The van der Waals surface area contributed by atoms with Gasteiger partial charge in [0.25, 0.3) is 0 Å². The first kappa shape index (κ1) is 15.8. The number of nitrogens with one attached hydrogen (secondary N) is 1. The molecule has 1 aromatic carbocycles. The molecule has 0 saturated heterocycles. The molecule has 1 aromatic rings. The van der Waals surface area contributed by atoms with Crippen LogP contribution in [0.2, 0.25) is 0 Å². The van der Waals surface area contributed by atoms with E-state index in [1.165, 1.54) is 12.8 Å². The lowest BCUT2D eigenvalue weighted by atomic mass is 10.1. The number of hydrogen-bond donors (Lipinski definition) is 2. The summed E-state index contributed by atoms with van der Waals surface area (Å²) in [6.07, 6.45) is 3.70. The first-order valence-electron chi connectivity index (χ1n) is 7.92. The van der Waals surface area contributed by atoms with E-state index >= 15 is 0 Å². The van der Waals surface area contributed by atoms with Crippen molar-refractivity contribution in [2.75, 3.05) is 24.1 Å². The molecule has 1 amide bonds. The lowest BCUT2D eigenvalue weighted by Crippen LogP contribution is -2.43. The maximum atomic E-state index is 12.5. The quantitative estimate of drug-likeness (QED) is 0.759. The van der Waals surface area contributed by atoms with Crippen molar-refractivity contribution in [3.8, 4) is 0 Å². The summed E-state index contributed by atoms with van der Waals surface area (Å²) in [5.41, 5.74) is 8.32. The van der Waals surface area contributed by atoms with Gasteiger partial charge >= 0.3 is 0 Å². The van der Waals surface area contributed by atoms with Crippen LogP contribution < -0.4 is 11.1 Å². The lowest BCUT2D eigenvalue weighted by Gasteiger charge is -2.28. The number of rotatable bonds is 7. The van der Waals surface area contributed by atoms with Gasteiger partial charge < -0.3 is 11.1 Å². The van der Waals surface area contributed by atoms with Gasteiger partial charge in [-0.05, 0) is 69.3 Å². The maximum absolute atomic E-state index is 12.5. The van der Waals surface area contributed by atoms with Crippen LogP contribution in [-0.4, -0.2) is 29.9 Å². The number of nitrogen functional groups attached to an aromatic ring is 1. The molecule has 4 heteroatoms. The Balaban J connectivity index is 1.99.